The topological polar surface area (TPSA) is 96.0 Å². The molecule has 8 nitrogen and oxygen atoms in total. The Kier molecular flexibility index (Phi) is 9.93. The van der Waals surface area contributed by atoms with E-state index in [1.54, 1.807) is 37.4 Å². The molecule has 0 spiro atoms. The van der Waals surface area contributed by atoms with Crippen LogP contribution in [-0.4, -0.2) is 57.6 Å². The highest BCUT2D eigenvalue weighted by Crippen LogP contribution is 2.25. The average Bonchev–Trinajstić information content (AvgIpc) is 2.79. The third-order valence-corrected chi connectivity index (χ3v) is 7.39. The highest BCUT2D eigenvalue weighted by atomic mass is 79.9. The van der Waals surface area contributed by atoms with Crippen LogP contribution in [0.3, 0.4) is 0 Å². The molecule has 1 N–H and O–H groups in total. The van der Waals surface area contributed by atoms with Crippen LogP contribution in [0.2, 0.25) is 0 Å². The predicted molar refractivity (Wildman–Crippen MR) is 137 cm³/mol. The van der Waals surface area contributed by atoms with Gasteiger partial charge in [0.15, 0.2) is 0 Å². The molecule has 0 heterocycles. The van der Waals surface area contributed by atoms with Crippen molar-refractivity contribution in [1.29, 1.82) is 0 Å². The summed E-state index contributed by atoms with van der Waals surface area (Å²) in [5.74, 6) is -0.0802. The number of methoxy groups -OCH3 is 1. The average molecular weight is 555 g/mol. The first kappa shape index (κ1) is 27.7. The van der Waals surface area contributed by atoms with E-state index >= 15 is 0 Å². The quantitative estimate of drug-likeness (QED) is 0.459. The Balaban J connectivity index is 2.44. The maximum atomic E-state index is 13.6. The summed E-state index contributed by atoms with van der Waals surface area (Å²) in [5, 5.41) is 2.77. The van der Waals surface area contributed by atoms with Gasteiger partial charge in [0, 0.05) is 17.6 Å². The second-order valence-corrected chi connectivity index (χ2v) is 10.7. The van der Waals surface area contributed by atoms with E-state index in [1.807, 2.05) is 32.9 Å². The molecule has 2 rings (SSSR count). The fourth-order valence-corrected chi connectivity index (χ4v) is 4.62. The van der Waals surface area contributed by atoms with Crippen molar-refractivity contribution in [2.45, 2.75) is 39.8 Å². The largest absolute Gasteiger partial charge is 0.497 e. The fourth-order valence-electron chi connectivity index (χ4n) is 3.54. The van der Waals surface area contributed by atoms with Crippen LogP contribution < -0.4 is 14.4 Å². The van der Waals surface area contributed by atoms with Crippen molar-refractivity contribution in [3.63, 3.8) is 0 Å². The van der Waals surface area contributed by atoms with Gasteiger partial charge < -0.3 is 15.0 Å². The first-order valence-electron chi connectivity index (χ1n) is 11.0. The van der Waals surface area contributed by atoms with E-state index in [9.17, 15) is 18.0 Å². The lowest BCUT2D eigenvalue weighted by Gasteiger charge is -2.33. The van der Waals surface area contributed by atoms with E-state index < -0.39 is 28.5 Å². The molecule has 34 heavy (non-hydrogen) atoms. The number of rotatable bonds is 11. The highest BCUT2D eigenvalue weighted by molar-refractivity contribution is 9.10. The molecule has 0 fully saturated rings. The van der Waals surface area contributed by atoms with Crippen LogP contribution in [-0.2, 0) is 26.2 Å². The number of nitrogens with zero attached hydrogens (tertiary/aromatic N) is 2. The summed E-state index contributed by atoms with van der Waals surface area (Å²) in [4.78, 5) is 27.8. The Morgan fingerprint density at radius 2 is 1.76 bits per heavy atom. The lowest BCUT2D eigenvalue weighted by atomic mass is 10.1. The van der Waals surface area contributed by atoms with Crippen LogP contribution in [0.5, 0.6) is 5.75 Å². The van der Waals surface area contributed by atoms with Crippen LogP contribution in [0, 0.1) is 6.92 Å². The molecule has 0 saturated heterocycles. The van der Waals surface area contributed by atoms with Crippen molar-refractivity contribution >= 4 is 43.5 Å². The normalized spacial score (nSPS) is 12.1. The Morgan fingerprint density at radius 3 is 2.26 bits per heavy atom. The number of hydrogen-bond acceptors (Lipinski definition) is 5. The van der Waals surface area contributed by atoms with Crippen LogP contribution >= 0.6 is 15.9 Å². The smallest absolute Gasteiger partial charge is 0.244 e. The molecule has 0 radical (unpaired) electrons. The van der Waals surface area contributed by atoms with Crippen molar-refractivity contribution in [1.82, 2.24) is 10.2 Å². The lowest BCUT2D eigenvalue weighted by Crippen LogP contribution is -2.52. The fraction of sp³-hybridized carbons (Fsp3) is 0.417. The second-order valence-electron chi connectivity index (χ2n) is 7.89. The zero-order valence-electron chi connectivity index (χ0n) is 20.2. The minimum Gasteiger partial charge on any atom is -0.497 e. The number of anilines is 1. The van der Waals surface area contributed by atoms with Gasteiger partial charge in [-0.25, -0.2) is 8.42 Å². The van der Waals surface area contributed by atoms with Crippen LogP contribution in [0.25, 0.3) is 0 Å². The van der Waals surface area contributed by atoms with Gasteiger partial charge in [0.1, 0.15) is 18.3 Å². The van der Waals surface area contributed by atoms with Crippen LogP contribution in [0.4, 0.5) is 5.69 Å². The summed E-state index contributed by atoms with van der Waals surface area (Å²) in [5.41, 5.74) is 2.01. The number of amides is 2. The molecule has 0 aliphatic rings. The molecule has 1 atom stereocenters. The first-order chi connectivity index (χ1) is 16.0. The van der Waals surface area contributed by atoms with Crippen molar-refractivity contribution in [3.8, 4) is 5.75 Å². The Bertz CT molecular complexity index is 1110. The molecule has 2 aromatic rings. The SMILES string of the molecule is CCNC(=O)[C@@H](CC)N(Cc1ccc(OC)cc1)C(=O)CN(c1ccc(Br)c(C)c1)S(C)(=O)=O. The molecule has 0 saturated carbocycles. The number of benzene rings is 2. The van der Waals surface area contributed by atoms with E-state index in [-0.39, 0.29) is 12.5 Å². The van der Waals surface area contributed by atoms with E-state index in [2.05, 4.69) is 21.2 Å². The molecule has 0 aliphatic carbocycles. The van der Waals surface area contributed by atoms with Crippen molar-refractivity contribution in [2.75, 3.05) is 30.8 Å². The Labute approximate surface area is 210 Å². The first-order valence-corrected chi connectivity index (χ1v) is 13.6. The monoisotopic (exact) mass is 553 g/mol. The van der Waals surface area contributed by atoms with Crippen LogP contribution in [0.15, 0.2) is 46.9 Å². The summed E-state index contributed by atoms with van der Waals surface area (Å²) in [6.45, 7) is 5.62. The third kappa shape index (κ3) is 7.20. The van der Waals surface area contributed by atoms with Crippen molar-refractivity contribution in [2.24, 2.45) is 0 Å². The number of ether oxygens (including phenoxy) is 1. The lowest BCUT2D eigenvalue weighted by molar-refractivity contribution is -0.140. The number of likely N-dealkylation sites (N-methyl/N-ethyl adjacent to an activating group) is 1. The summed E-state index contributed by atoms with van der Waals surface area (Å²) in [7, 11) is -2.20. The molecule has 0 aromatic heterocycles. The zero-order chi connectivity index (χ0) is 25.5. The van der Waals surface area contributed by atoms with E-state index in [1.165, 1.54) is 4.90 Å². The minimum atomic E-state index is -3.77. The standard InChI is InChI=1S/C24H32BrN3O5S/c1-6-22(24(30)26-7-2)27(15-18-8-11-20(33-4)12-9-18)23(29)16-28(34(5,31)32)19-10-13-21(25)17(3)14-19/h8-14,22H,6-7,15-16H2,1-5H3,(H,26,30)/t22-/m1/s1. The third-order valence-electron chi connectivity index (χ3n) is 5.36. The van der Waals surface area contributed by atoms with Gasteiger partial charge >= 0.3 is 0 Å². The van der Waals surface area contributed by atoms with E-state index in [0.29, 0.717) is 24.4 Å². The molecular weight excluding hydrogens is 522 g/mol. The minimum absolute atomic E-state index is 0.148. The van der Waals surface area contributed by atoms with Crippen LogP contribution in [0.1, 0.15) is 31.4 Å². The molecule has 10 heteroatoms. The summed E-state index contributed by atoms with van der Waals surface area (Å²) in [6.07, 6.45) is 1.44. The number of nitrogens with one attached hydrogen (secondary N) is 1. The van der Waals surface area contributed by atoms with Gasteiger partial charge in [-0.3, -0.25) is 13.9 Å². The molecule has 0 bridgehead atoms. The van der Waals surface area contributed by atoms with E-state index in [4.69, 9.17) is 4.74 Å². The Hall–Kier alpha value is -2.59. The number of carbonyl (C=O) groups excluding carboxylic acids is 2. The number of aryl methyl sites for hydroxylation is 1. The molecular formula is C24H32BrN3O5S. The summed E-state index contributed by atoms with van der Waals surface area (Å²) in [6, 6.07) is 11.5. The second kappa shape index (κ2) is 12.2. The number of sulfonamides is 1. The van der Waals surface area contributed by atoms with Gasteiger partial charge in [-0.2, -0.15) is 0 Å². The number of hydrogen-bond donors (Lipinski definition) is 1. The predicted octanol–water partition coefficient (Wildman–Crippen LogP) is 3.48. The molecule has 0 aliphatic heterocycles. The highest BCUT2D eigenvalue weighted by Gasteiger charge is 2.31. The summed E-state index contributed by atoms with van der Waals surface area (Å²) >= 11 is 3.41. The number of carbonyl (C=O) groups is 2. The van der Waals surface area contributed by atoms with Gasteiger partial charge in [-0.05, 0) is 61.7 Å². The molecule has 2 aromatic carbocycles. The van der Waals surface area contributed by atoms with E-state index in [0.717, 1.165) is 26.2 Å². The summed E-state index contributed by atoms with van der Waals surface area (Å²) < 4.78 is 32.4. The molecule has 186 valence electrons. The maximum absolute atomic E-state index is 13.6. The van der Waals surface area contributed by atoms with Gasteiger partial charge in [0.05, 0.1) is 19.1 Å². The van der Waals surface area contributed by atoms with Gasteiger partial charge in [-0.1, -0.05) is 35.0 Å². The van der Waals surface area contributed by atoms with Gasteiger partial charge in [-0.15, -0.1) is 0 Å². The van der Waals surface area contributed by atoms with Crippen molar-refractivity contribution < 1.29 is 22.7 Å². The molecule has 2 amide bonds. The maximum Gasteiger partial charge on any atom is 0.244 e. The number of halogens is 1. The van der Waals surface area contributed by atoms with Gasteiger partial charge in [0.25, 0.3) is 0 Å². The Morgan fingerprint density at radius 1 is 1.12 bits per heavy atom. The van der Waals surface area contributed by atoms with Crippen molar-refractivity contribution in [3.05, 3.63) is 58.1 Å². The zero-order valence-corrected chi connectivity index (χ0v) is 22.6. The molecule has 0 unspecified atom stereocenters. The van der Waals surface area contributed by atoms with Gasteiger partial charge in [0.2, 0.25) is 21.8 Å².